The fourth-order valence-electron chi connectivity index (χ4n) is 2.49. The molecule has 1 heterocycles. The van der Waals surface area contributed by atoms with E-state index in [1.165, 1.54) is 0 Å². The summed E-state index contributed by atoms with van der Waals surface area (Å²) in [4.78, 5) is 37.6. The normalized spacial score (nSPS) is 16.5. The van der Waals surface area contributed by atoms with Gasteiger partial charge >= 0.3 is 0 Å². The highest BCUT2D eigenvalue weighted by molar-refractivity contribution is 9.10. The summed E-state index contributed by atoms with van der Waals surface area (Å²) in [5.41, 5.74) is 5.51. The van der Waals surface area contributed by atoms with E-state index in [2.05, 4.69) is 42.7 Å². The number of benzene rings is 2. The van der Waals surface area contributed by atoms with Gasteiger partial charge in [0.1, 0.15) is 11.8 Å². The first-order valence-electron chi connectivity index (χ1n) is 7.99. The number of hydrazine groups is 1. The Labute approximate surface area is 172 Å². The molecule has 9 heteroatoms. The number of hydrogen-bond acceptors (Lipinski definition) is 5. The lowest BCUT2D eigenvalue weighted by Gasteiger charge is -2.16. The van der Waals surface area contributed by atoms with Crippen LogP contribution in [0.25, 0.3) is 0 Å². The van der Waals surface area contributed by atoms with Crippen LogP contribution in [0.2, 0.25) is 0 Å². The first-order valence-corrected chi connectivity index (χ1v) is 9.58. The van der Waals surface area contributed by atoms with Crippen molar-refractivity contribution in [3.05, 3.63) is 57.5 Å². The molecule has 3 rings (SSSR count). The quantitative estimate of drug-likeness (QED) is 0.474. The van der Waals surface area contributed by atoms with E-state index in [1.54, 1.807) is 48.5 Å². The van der Waals surface area contributed by atoms with Crippen molar-refractivity contribution in [1.29, 1.82) is 0 Å². The Hall–Kier alpha value is -2.23. The zero-order chi connectivity index (χ0) is 19.4. The smallest absolute Gasteiger partial charge is 0.272 e. The van der Waals surface area contributed by atoms with Crippen LogP contribution >= 0.6 is 31.9 Å². The Kier molecular flexibility index (Phi) is 6.25. The summed E-state index contributed by atoms with van der Waals surface area (Å²) in [6, 6.07) is 13.1. The molecule has 3 amide bonds. The second-order valence-electron chi connectivity index (χ2n) is 5.74. The highest BCUT2D eigenvalue weighted by Gasteiger charge is 2.39. The van der Waals surface area contributed by atoms with Gasteiger partial charge in [0.25, 0.3) is 11.8 Å². The van der Waals surface area contributed by atoms with E-state index >= 15 is 0 Å². The fourth-order valence-corrected chi connectivity index (χ4v) is 3.02. The molecule has 1 aliphatic rings. The van der Waals surface area contributed by atoms with Crippen LogP contribution in [0, 0.1) is 0 Å². The van der Waals surface area contributed by atoms with Gasteiger partial charge in [-0.3, -0.25) is 19.8 Å². The molecular weight excluding hydrogens is 482 g/mol. The molecule has 1 fully saturated rings. The van der Waals surface area contributed by atoms with Crippen LogP contribution in [0.5, 0.6) is 5.75 Å². The zero-order valence-corrected chi connectivity index (χ0v) is 17.1. The van der Waals surface area contributed by atoms with E-state index in [0.717, 1.165) is 13.8 Å². The van der Waals surface area contributed by atoms with Crippen molar-refractivity contribution in [1.82, 2.24) is 10.9 Å². The number of imide groups is 1. The van der Waals surface area contributed by atoms with Gasteiger partial charge in [0.05, 0.1) is 12.1 Å². The molecule has 1 atom stereocenters. The molecule has 140 valence electrons. The zero-order valence-electron chi connectivity index (χ0n) is 13.9. The van der Waals surface area contributed by atoms with Gasteiger partial charge in [0, 0.05) is 8.95 Å². The lowest BCUT2D eigenvalue weighted by Crippen LogP contribution is -2.49. The average molecular weight is 497 g/mol. The van der Waals surface area contributed by atoms with Crippen molar-refractivity contribution in [3.8, 4) is 5.75 Å². The maximum absolute atomic E-state index is 12.5. The topological polar surface area (TPSA) is 87.7 Å². The van der Waals surface area contributed by atoms with Crippen molar-refractivity contribution in [3.63, 3.8) is 0 Å². The highest BCUT2D eigenvalue weighted by atomic mass is 79.9. The lowest BCUT2D eigenvalue weighted by molar-refractivity contribution is -0.125. The van der Waals surface area contributed by atoms with Crippen molar-refractivity contribution in [2.45, 2.75) is 12.5 Å². The Balaban J connectivity index is 1.51. The molecular formula is C18H15Br2N3O4. The molecule has 0 aliphatic carbocycles. The van der Waals surface area contributed by atoms with Crippen molar-refractivity contribution < 1.29 is 19.1 Å². The number of nitrogens with one attached hydrogen (secondary N) is 2. The molecule has 2 aromatic rings. The van der Waals surface area contributed by atoms with Gasteiger partial charge in [-0.1, -0.05) is 31.9 Å². The third-order valence-electron chi connectivity index (χ3n) is 3.80. The van der Waals surface area contributed by atoms with Crippen LogP contribution in [0.15, 0.2) is 57.5 Å². The SMILES string of the molecule is O=C(COc1ccc(Br)cc1)NNC1CC(=O)N(c2ccc(Br)cc2)C1=O. The van der Waals surface area contributed by atoms with Crippen LogP contribution in [-0.4, -0.2) is 30.4 Å². The van der Waals surface area contributed by atoms with Gasteiger partial charge in [-0.25, -0.2) is 10.3 Å². The van der Waals surface area contributed by atoms with E-state index in [9.17, 15) is 14.4 Å². The second kappa shape index (κ2) is 8.64. The number of nitrogens with zero attached hydrogens (tertiary/aromatic N) is 1. The molecule has 7 nitrogen and oxygen atoms in total. The minimum Gasteiger partial charge on any atom is -0.484 e. The van der Waals surface area contributed by atoms with Crippen molar-refractivity contribution in [2.75, 3.05) is 11.5 Å². The average Bonchev–Trinajstić information content (AvgIpc) is 2.94. The Morgan fingerprint density at radius 3 is 2.26 bits per heavy atom. The number of halogens is 2. The summed E-state index contributed by atoms with van der Waals surface area (Å²) in [6.07, 6.45) is -0.0389. The number of carbonyl (C=O) groups is 3. The second-order valence-corrected chi connectivity index (χ2v) is 7.57. The predicted molar refractivity (Wildman–Crippen MR) is 106 cm³/mol. The summed E-state index contributed by atoms with van der Waals surface area (Å²) < 4.78 is 7.10. The first kappa shape index (κ1) is 19.5. The standard InChI is InChI=1S/C18H15Br2N3O4/c19-11-1-5-13(6-2-11)23-17(25)9-15(18(23)26)21-22-16(24)10-27-14-7-3-12(20)4-8-14/h1-8,15,21H,9-10H2,(H,22,24). The van der Waals surface area contributed by atoms with E-state index in [0.29, 0.717) is 11.4 Å². The van der Waals surface area contributed by atoms with E-state index in [-0.39, 0.29) is 18.9 Å². The minimum atomic E-state index is -0.822. The number of amides is 3. The summed E-state index contributed by atoms with van der Waals surface area (Å²) in [7, 11) is 0. The number of ether oxygens (including phenoxy) is 1. The molecule has 0 aromatic heterocycles. The maximum atomic E-state index is 12.5. The number of anilines is 1. The van der Waals surface area contributed by atoms with E-state index in [1.807, 2.05) is 0 Å². The maximum Gasteiger partial charge on any atom is 0.272 e. The molecule has 2 N–H and O–H groups in total. The monoisotopic (exact) mass is 495 g/mol. The van der Waals surface area contributed by atoms with Gasteiger partial charge in [0.2, 0.25) is 5.91 Å². The molecule has 27 heavy (non-hydrogen) atoms. The van der Waals surface area contributed by atoms with E-state index < -0.39 is 17.9 Å². The lowest BCUT2D eigenvalue weighted by atomic mass is 10.2. The number of rotatable bonds is 6. The van der Waals surface area contributed by atoms with Crippen LogP contribution in [0.1, 0.15) is 6.42 Å². The summed E-state index contributed by atoms with van der Waals surface area (Å²) in [5.74, 6) is -0.668. The Morgan fingerprint density at radius 2 is 1.63 bits per heavy atom. The molecule has 2 aromatic carbocycles. The Morgan fingerprint density at radius 1 is 1.04 bits per heavy atom. The minimum absolute atomic E-state index is 0.0389. The van der Waals surface area contributed by atoms with Crippen molar-refractivity contribution in [2.24, 2.45) is 0 Å². The van der Waals surface area contributed by atoms with Crippen LogP contribution < -0.4 is 20.5 Å². The molecule has 1 saturated heterocycles. The molecule has 0 radical (unpaired) electrons. The number of hydrogen-bond donors (Lipinski definition) is 2. The van der Waals surface area contributed by atoms with Gasteiger partial charge < -0.3 is 4.74 Å². The third kappa shape index (κ3) is 4.94. The van der Waals surface area contributed by atoms with Crippen molar-refractivity contribution >= 4 is 55.3 Å². The summed E-state index contributed by atoms with van der Waals surface area (Å²) in [5, 5.41) is 0. The van der Waals surface area contributed by atoms with E-state index in [4.69, 9.17) is 4.74 Å². The molecule has 0 spiro atoms. The van der Waals surface area contributed by atoms with Crippen LogP contribution in [0.3, 0.4) is 0 Å². The highest BCUT2D eigenvalue weighted by Crippen LogP contribution is 2.24. The Bertz CT molecular complexity index is 856. The van der Waals surface area contributed by atoms with Crippen LogP contribution in [0.4, 0.5) is 5.69 Å². The van der Waals surface area contributed by atoms with Gasteiger partial charge in [-0.15, -0.1) is 0 Å². The first-order chi connectivity index (χ1) is 12.9. The molecule has 1 unspecified atom stereocenters. The summed E-state index contributed by atoms with van der Waals surface area (Å²) >= 11 is 6.62. The predicted octanol–water partition coefficient (Wildman–Crippen LogP) is 2.54. The molecule has 1 aliphatic heterocycles. The largest absolute Gasteiger partial charge is 0.484 e. The van der Waals surface area contributed by atoms with Gasteiger partial charge in [0.15, 0.2) is 6.61 Å². The summed E-state index contributed by atoms with van der Waals surface area (Å²) in [6.45, 7) is -0.222. The van der Waals surface area contributed by atoms with Gasteiger partial charge in [-0.2, -0.15) is 0 Å². The number of carbonyl (C=O) groups excluding carboxylic acids is 3. The molecule has 0 saturated carbocycles. The van der Waals surface area contributed by atoms with Crippen LogP contribution in [-0.2, 0) is 14.4 Å². The third-order valence-corrected chi connectivity index (χ3v) is 4.86. The van der Waals surface area contributed by atoms with Gasteiger partial charge in [-0.05, 0) is 48.5 Å². The molecule has 0 bridgehead atoms. The fraction of sp³-hybridized carbons (Fsp3) is 0.167.